The monoisotopic (exact) mass is 386 g/mol. The van der Waals surface area contributed by atoms with Gasteiger partial charge in [-0.25, -0.2) is 22.0 Å². The number of nitrogens with zero attached hydrogens (tertiary/aromatic N) is 3. The SMILES string of the molecule is NC1CCC(S(=O)(=O)c2cccc(S(N)(=O)=O)c2-c2nn[nH]n2)CC1. The Morgan fingerprint density at radius 1 is 1.04 bits per heavy atom. The van der Waals surface area contributed by atoms with Crippen LogP contribution in [0.4, 0.5) is 0 Å². The largest absolute Gasteiger partial charge is 0.328 e. The van der Waals surface area contributed by atoms with Gasteiger partial charge in [-0.15, -0.1) is 10.2 Å². The molecule has 0 amide bonds. The molecule has 1 aromatic carbocycles. The van der Waals surface area contributed by atoms with Gasteiger partial charge in [0, 0.05) is 6.04 Å². The average molecular weight is 386 g/mol. The van der Waals surface area contributed by atoms with E-state index in [2.05, 4.69) is 20.6 Å². The van der Waals surface area contributed by atoms with Gasteiger partial charge >= 0.3 is 0 Å². The summed E-state index contributed by atoms with van der Waals surface area (Å²) in [7, 11) is -8.01. The van der Waals surface area contributed by atoms with E-state index in [1.165, 1.54) is 18.2 Å². The van der Waals surface area contributed by atoms with Crippen LogP contribution in [0.25, 0.3) is 11.4 Å². The first kappa shape index (κ1) is 17.9. The Bertz CT molecular complexity index is 964. The molecule has 12 heteroatoms. The van der Waals surface area contributed by atoms with Crippen LogP contribution in [0, 0.1) is 0 Å². The lowest BCUT2D eigenvalue weighted by atomic mass is 9.96. The van der Waals surface area contributed by atoms with E-state index in [0.29, 0.717) is 25.7 Å². The van der Waals surface area contributed by atoms with Crippen molar-refractivity contribution in [2.24, 2.45) is 10.9 Å². The highest BCUT2D eigenvalue weighted by Gasteiger charge is 2.35. The van der Waals surface area contributed by atoms with Crippen LogP contribution < -0.4 is 10.9 Å². The Morgan fingerprint density at radius 2 is 1.68 bits per heavy atom. The number of nitrogens with one attached hydrogen (secondary N) is 1. The van der Waals surface area contributed by atoms with Crippen LogP contribution in [0.15, 0.2) is 28.0 Å². The summed E-state index contributed by atoms with van der Waals surface area (Å²) in [5, 5.41) is 17.7. The van der Waals surface area contributed by atoms with Crippen LogP contribution in [0.3, 0.4) is 0 Å². The van der Waals surface area contributed by atoms with Crippen molar-refractivity contribution in [2.45, 2.75) is 46.8 Å². The first-order chi connectivity index (χ1) is 11.7. The average Bonchev–Trinajstić information content (AvgIpc) is 3.08. The molecule has 1 fully saturated rings. The van der Waals surface area contributed by atoms with Gasteiger partial charge in [0.15, 0.2) is 9.84 Å². The quantitative estimate of drug-likeness (QED) is 0.633. The molecular weight excluding hydrogens is 368 g/mol. The van der Waals surface area contributed by atoms with Gasteiger partial charge in [0.1, 0.15) is 0 Å². The zero-order valence-electron chi connectivity index (χ0n) is 13.2. The van der Waals surface area contributed by atoms with Gasteiger partial charge in [-0.2, -0.15) is 5.21 Å². The second-order valence-electron chi connectivity index (χ2n) is 5.99. The molecule has 0 spiro atoms. The Kier molecular flexibility index (Phi) is 4.62. The molecule has 0 bridgehead atoms. The zero-order chi connectivity index (χ0) is 18.2. The van der Waals surface area contributed by atoms with E-state index in [1.54, 1.807) is 0 Å². The summed E-state index contributed by atoms with van der Waals surface area (Å²) >= 11 is 0. The molecule has 5 N–H and O–H groups in total. The molecule has 0 unspecified atom stereocenters. The van der Waals surface area contributed by atoms with E-state index < -0.39 is 25.1 Å². The van der Waals surface area contributed by atoms with Crippen LogP contribution in [0.1, 0.15) is 25.7 Å². The minimum atomic E-state index is -4.19. The van der Waals surface area contributed by atoms with Gasteiger partial charge in [-0.3, -0.25) is 0 Å². The van der Waals surface area contributed by atoms with Gasteiger partial charge in [0.2, 0.25) is 15.8 Å². The highest BCUT2D eigenvalue weighted by Crippen LogP contribution is 2.36. The lowest BCUT2D eigenvalue weighted by Gasteiger charge is -2.26. The number of tetrazole rings is 1. The number of sulfonamides is 1. The molecular formula is C13H18N6O4S2. The maximum Gasteiger partial charge on any atom is 0.238 e. The van der Waals surface area contributed by atoms with E-state index in [1.807, 2.05) is 0 Å². The molecule has 1 aliphatic carbocycles. The fourth-order valence-electron chi connectivity index (χ4n) is 3.05. The van der Waals surface area contributed by atoms with Crippen LogP contribution in [0.2, 0.25) is 0 Å². The van der Waals surface area contributed by atoms with Crippen molar-refractivity contribution in [1.29, 1.82) is 0 Å². The minimum Gasteiger partial charge on any atom is -0.328 e. The summed E-state index contributed by atoms with van der Waals surface area (Å²) in [5.41, 5.74) is 5.69. The minimum absolute atomic E-state index is 0.0149. The highest BCUT2D eigenvalue weighted by molar-refractivity contribution is 7.92. The molecule has 0 aliphatic heterocycles. The molecule has 1 aliphatic rings. The summed E-state index contributed by atoms with van der Waals surface area (Å²) in [5.74, 6) is -0.143. The van der Waals surface area contributed by atoms with Crippen molar-refractivity contribution in [3.8, 4) is 11.4 Å². The van der Waals surface area contributed by atoms with Crippen molar-refractivity contribution < 1.29 is 16.8 Å². The Morgan fingerprint density at radius 3 is 2.24 bits per heavy atom. The number of aromatic nitrogens is 4. The second-order valence-corrected chi connectivity index (χ2v) is 9.72. The summed E-state index contributed by atoms with van der Waals surface area (Å²) in [6, 6.07) is 3.88. The summed E-state index contributed by atoms with van der Waals surface area (Å²) in [6.07, 6.45) is 2.01. The number of H-pyrrole nitrogens is 1. The van der Waals surface area contributed by atoms with E-state index in [4.69, 9.17) is 10.9 Å². The first-order valence-electron chi connectivity index (χ1n) is 7.60. The van der Waals surface area contributed by atoms with Crippen LogP contribution in [-0.4, -0.2) is 48.8 Å². The number of hydrogen-bond acceptors (Lipinski definition) is 8. The van der Waals surface area contributed by atoms with Crippen molar-refractivity contribution in [3.05, 3.63) is 18.2 Å². The topological polar surface area (TPSA) is 175 Å². The smallest absolute Gasteiger partial charge is 0.238 e. The molecule has 1 heterocycles. The fraction of sp³-hybridized carbons (Fsp3) is 0.462. The molecule has 0 radical (unpaired) electrons. The second kappa shape index (κ2) is 6.44. The van der Waals surface area contributed by atoms with Crippen LogP contribution >= 0.6 is 0 Å². The predicted molar refractivity (Wildman–Crippen MR) is 88.4 cm³/mol. The van der Waals surface area contributed by atoms with Gasteiger partial charge < -0.3 is 5.73 Å². The third-order valence-electron chi connectivity index (χ3n) is 4.33. The number of rotatable bonds is 4. The van der Waals surface area contributed by atoms with E-state index >= 15 is 0 Å². The maximum absolute atomic E-state index is 13.1. The number of hydrogen-bond donors (Lipinski definition) is 3. The number of benzene rings is 1. The molecule has 1 saturated carbocycles. The fourth-order valence-corrected chi connectivity index (χ4v) is 5.88. The third kappa shape index (κ3) is 3.42. The van der Waals surface area contributed by atoms with Gasteiger partial charge in [0.05, 0.1) is 20.6 Å². The molecule has 10 nitrogen and oxygen atoms in total. The molecule has 136 valence electrons. The number of sulfone groups is 1. The molecule has 1 aromatic heterocycles. The molecule has 0 atom stereocenters. The van der Waals surface area contributed by atoms with Crippen molar-refractivity contribution in [2.75, 3.05) is 0 Å². The van der Waals surface area contributed by atoms with E-state index in [9.17, 15) is 16.8 Å². The summed E-state index contributed by atoms with van der Waals surface area (Å²) in [6.45, 7) is 0. The third-order valence-corrected chi connectivity index (χ3v) is 7.58. The van der Waals surface area contributed by atoms with Crippen molar-refractivity contribution >= 4 is 19.9 Å². The molecule has 2 aromatic rings. The van der Waals surface area contributed by atoms with Crippen LogP contribution in [-0.2, 0) is 19.9 Å². The predicted octanol–water partition coefficient (Wildman–Crippen LogP) is -0.442. The first-order valence-corrected chi connectivity index (χ1v) is 10.7. The van der Waals surface area contributed by atoms with Crippen molar-refractivity contribution in [1.82, 2.24) is 20.6 Å². The number of aromatic amines is 1. The Hall–Kier alpha value is -1.89. The molecule has 0 saturated heterocycles. The van der Waals surface area contributed by atoms with E-state index in [0.717, 1.165) is 0 Å². The Balaban J connectivity index is 2.20. The summed E-state index contributed by atoms with van der Waals surface area (Å²) < 4.78 is 50.1. The van der Waals surface area contributed by atoms with Crippen LogP contribution in [0.5, 0.6) is 0 Å². The lowest BCUT2D eigenvalue weighted by Crippen LogP contribution is -2.33. The van der Waals surface area contributed by atoms with Crippen molar-refractivity contribution in [3.63, 3.8) is 0 Å². The Labute approximate surface area is 145 Å². The summed E-state index contributed by atoms with van der Waals surface area (Å²) in [4.78, 5) is -0.525. The van der Waals surface area contributed by atoms with Gasteiger partial charge in [0.25, 0.3) is 0 Å². The molecule has 3 rings (SSSR count). The standard InChI is InChI=1S/C13H18N6O4S2/c14-8-4-6-9(7-5-8)24(20,21)10-2-1-3-11(25(15,22)23)12(10)13-16-18-19-17-13/h1-3,8-9H,4-7,14H2,(H2,15,22,23)(H,16,17,18,19). The van der Waals surface area contributed by atoms with E-state index in [-0.39, 0.29) is 27.2 Å². The lowest BCUT2D eigenvalue weighted by molar-refractivity contribution is 0.434. The highest BCUT2D eigenvalue weighted by atomic mass is 32.2. The maximum atomic E-state index is 13.1. The number of primary sulfonamides is 1. The number of nitrogens with two attached hydrogens (primary N) is 2. The normalized spacial score (nSPS) is 22.0. The van der Waals surface area contributed by atoms with Gasteiger partial charge in [-0.1, -0.05) is 6.07 Å². The van der Waals surface area contributed by atoms with Gasteiger partial charge in [-0.05, 0) is 43.0 Å². The molecule has 25 heavy (non-hydrogen) atoms. The zero-order valence-corrected chi connectivity index (χ0v) is 14.8.